The van der Waals surface area contributed by atoms with Crippen LogP contribution in [-0.2, 0) is 9.53 Å². The number of carbonyl (C=O) groups is 1. The molecule has 2 atom stereocenters. The molecule has 0 aliphatic heterocycles. The normalized spacial score (nSPS) is 13.5. The van der Waals surface area contributed by atoms with Gasteiger partial charge in [0.15, 0.2) is 0 Å². The number of nitrogens with one attached hydrogen (secondary N) is 1. The summed E-state index contributed by atoms with van der Waals surface area (Å²) in [6, 6.07) is 4.91. The zero-order chi connectivity index (χ0) is 23.3. The lowest BCUT2D eigenvalue weighted by Gasteiger charge is -2.27. The van der Waals surface area contributed by atoms with Gasteiger partial charge in [0.25, 0.3) is 0 Å². The summed E-state index contributed by atoms with van der Waals surface area (Å²) >= 11 is 0. The number of rotatable bonds is 7. The Bertz CT molecular complexity index is 984. The van der Waals surface area contributed by atoms with Gasteiger partial charge in [-0.3, -0.25) is 10.1 Å². The van der Waals surface area contributed by atoms with Crippen molar-refractivity contribution in [1.29, 1.82) is 5.26 Å². The maximum atomic E-state index is 14.8. The second-order valence-electron chi connectivity index (χ2n) is 7.43. The third-order valence-corrected chi connectivity index (χ3v) is 4.63. The van der Waals surface area contributed by atoms with Crippen LogP contribution in [0.2, 0.25) is 0 Å². The monoisotopic (exact) mass is 438 g/mol. The molecule has 0 aliphatic carbocycles. The van der Waals surface area contributed by atoms with Gasteiger partial charge in [0.1, 0.15) is 23.7 Å². The number of methoxy groups -OCH3 is 1. The van der Waals surface area contributed by atoms with Crippen LogP contribution < -0.4 is 5.32 Å². The van der Waals surface area contributed by atoms with Crippen LogP contribution in [0, 0.1) is 23.1 Å². The maximum absolute atomic E-state index is 14.8. The highest BCUT2D eigenvalue weighted by Crippen LogP contribution is 2.37. The smallest absolute Gasteiger partial charge is 0.407 e. The van der Waals surface area contributed by atoms with Gasteiger partial charge in [-0.2, -0.15) is 18.4 Å². The molecule has 2 aromatic rings. The molecule has 2 rings (SSSR count). The van der Waals surface area contributed by atoms with Crippen LogP contribution >= 0.6 is 0 Å². The molecule has 31 heavy (non-hydrogen) atoms. The summed E-state index contributed by atoms with van der Waals surface area (Å²) in [5.41, 5.74) is -0.471. The Morgan fingerprint density at radius 1 is 1.19 bits per heavy atom. The lowest BCUT2D eigenvalue weighted by atomic mass is 9.96. The summed E-state index contributed by atoms with van der Waals surface area (Å²) in [6.45, 7) is 3.49. The van der Waals surface area contributed by atoms with Gasteiger partial charge < -0.3 is 9.84 Å². The van der Waals surface area contributed by atoms with Crippen molar-refractivity contribution in [1.82, 2.24) is 5.32 Å². The van der Waals surface area contributed by atoms with Crippen LogP contribution in [0.25, 0.3) is 11.1 Å². The number of hydrogen-bond acceptors (Lipinski definition) is 5. The molecule has 9 heteroatoms. The summed E-state index contributed by atoms with van der Waals surface area (Å²) in [6.07, 6.45) is -4.73. The van der Waals surface area contributed by atoms with E-state index < -0.39 is 35.6 Å². The number of phenolic OH excluding ortho intramolecular Hbond substituents is 1. The van der Waals surface area contributed by atoms with E-state index in [0.29, 0.717) is 6.07 Å². The summed E-state index contributed by atoms with van der Waals surface area (Å²) in [5.74, 6) is -2.28. The molecule has 0 saturated carbocycles. The molecular formula is C22H22F4N2O3. The van der Waals surface area contributed by atoms with Gasteiger partial charge >= 0.3 is 12.1 Å². The Morgan fingerprint density at radius 3 is 2.39 bits per heavy atom. The topological polar surface area (TPSA) is 82.3 Å². The number of nitrogens with zero attached hydrogens (tertiary/aromatic N) is 1. The van der Waals surface area contributed by atoms with Gasteiger partial charge in [0.05, 0.1) is 18.7 Å². The number of halogens is 4. The summed E-state index contributed by atoms with van der Waals surface area (Å²) in [4.78, 5) is 12.0. The fourth-order valence-corrected chi connectivity index (χ4v) is 3.18. The average Bonchev–Trinajstić information content (AvgIpc) is 2.69. The third-order valence-electron chi connectivity index (χ3n) is 4.63. The first-order valence-corrected chi connectivity index (χ1v) is 9.41. The highest BCUT2D eigenvalue weighted by molar-refractivity contribution is 5.76. The predicted octanol–water partition coefficient (Wildman–Crippen LogP) is 4.85. The van der Waals surface area contributed by atoms with Crippen LogP contribution in [0.5, 0.6) is 5.75 Å². The standard InChI is InChI=1S/C22H22F4N2O3/c1-12(2)8-18(21(30)31-3)28-20(22(24,25)26)14-5-6-15(17(23)10-14)16-9-13(11-27)4-7-19(16)29/h4-7,9-10,12,18,20,28-29H,8H2,1-3H3/t18-,20?/m0/s1. The molecule has 5 nitrogen and oxygen atoms in total. The van der Waals surface area contributed by atoms with Gasteiger partial charge in [-0.25, -0.2) is 4.39 Å². The van der Waals surface area contributed by atoms with Crippen LogP contribution in [0.3, 0.4) is 0 Å². The highest BCUT2D eigenvalue weighted by atomic mass is 19.4. The van der Waals surface area contributed by atoms with Crippen LogP contribution in [0.1, 0.15) is 37.4 Å². The number of ether oxygens (including phenoxy) is 1. The molecule has 0 aromatic heterocycles. The van der Waals surface area contributed by atoms with E-state index in [9.17, 15) is 27.5 Å². The number of nitriles is 1. The molecule has 166 valence electrons. The number of hydrogen-bond donors (Lipinski definition) is 2. The molecule has 1 unspecified atom stereocenters. The Labute approximate surface area is 177 Å². The Hall–Kier alpha value is -3.12. The molecular weight excluding hydrogens is 416 g/mol. The van der Waals surface area contributed by atoms with Crippen molar-refractivity contribution in [3.8, 4) is 22.9 Å². The first kappa shape index (κ1) is 24.2. The lowest BCUT2D eigenvalue weighted by Crippen LogP contribution is -2.45. The second kappa shape index (κ2) is 9.79. The van der Waals surface area contributed by atoms with Crippen molar-refractivity contribution in [3.63, 3.8) is 0 Å². The van der Waals surface area contributed by atoms with E-state index in [-0.39, 0.29) is 34.8 Å². The third kappa shape index (κ3) is 5.95. The lowest BCUT2D eigenvalue weighted by molar-refractivity contribution is -0.164. The van der Waals surface area contributed by atoms with E-state index in [1.54, 1.807) is 13.8 Å². The van der Waals surface area contributed by atoms with E-state index in [0.717, 1.165) is 19.2 Å². The fraction of sp³-hybridized carbons (Fsp3) is 0.364. The zero-order valence-corrected chi connectivity index (χ0v) is 17.1. The largest absolute Gasteiger partial charge is 0.507 e. The van der Waals surface area contributed by atoms with Gasteiger partial charge in [0, 0.05) is 11.1 Å². The summed E-state index contributed by atoms with van der Waals surface area (Å²) < 4.78 is 60.7. The Balaban J connectivity index is 2.47. The van der Waals surface area contributed by atoms with E-state index in [4.69, 9.17) is 5.26 Å². The first-order chi connectivity index (χ1) is 14.5. The molecule has 2 N–H and O–H groups in total. The van der Waals surface area contributed by atoms with Crippen LogP contribution in [-0.4, -0.2) is 30.4 Å². The highest BCUT2D eigenvalue weighted by Gasteiger charge is 2.43. The van der Waals surface area contributed by atoms with Gasteiger partial charge in [-0.15, -0.1) is 0 Å². The van der Waals surface area contributed by atoms with Crippen LogP contribution in [0.15, 0.2) is 36.4 Å². The molecule has 0 amide bonds. The van der Waals surface area contributed by atoms with Crippen molar-refractivity contribution in [2.45, 2.75) is 38.5 Å². The SMILES string of the molecule is COC(=O)[C@H](CC(C)C)NC(c1ccc(-c2cc(C#N)ccc2O)c(F)c1)C(F)(F)F. The first-order valence-electron chi connectivity index (χ1n) is 9.41. The van der Waals surface area contributed by atoms with Crippen LogP contribution in [0.4, 0.5) is 17.6 Å². The number of carbonyl (C=O) groups excluding carboxylic acids is 1. The van der Waals surface area contributed by atoms with Crippen molar-refractivity contribution in [3.05, 3.63) is 53.3 Å². The quantitative estimate of drug-likeness (QED) is 0.477. The Kier molecular flexibility index (Phi) is 7.63. The molecule has 0 fully saturated rings. The summed E-state index contributed by atoms with van der Waals surface area (Å²) in [5, 5.41) is 21.2. The van der Waals surface area contributed by atoms with E-state index in [1.807, 2.05) is 6.07 Å². The van der Waals surface area contributed by atoms with E-state index >= 15 is 0 Å². The fourth-order valence-electron chi connectivity index (χ4n) is 3.18. The molecule has 0 saturated heterocycles. The molecule has 2 aromatic carbocycles. The molecule has 0 aliphatic rings. The Morgan fingerprint density at radius 2 is 1.87 bits per heavy atom. The van der Waals surface area contributed by atoms with Gasteiger partial charge in [-0.1, -0.05) is 26.0 Å². The minimum atomic E-state index is -4.82. The van der Waals surface area contributed by atoms with Gasteiger partial charge in [-0.05, 0) is 42.2 Å². The molecule has 0 bridgehead atoms. The van der Waals surface area contributed by atoms with Crippen molar-refractivity contribution < 1.29 is 32.2 Å². The van der Waals surface area contributed by atoms with Crippen molar-refractivity contribution in [2.24, 2.45) is 5.92 Å². The maximum Gasteiger partial charge on any atom is 0.407 e. The zero-order valence-electron chi connectivity index (χ0n) is 17.1. The minimum Gasteiger partial charge on any atom is -0.507 e. The predicted molar refractivity (Wildman–Crippen MR) is 105 cm³/mol. The van der Waals surface area contributed by atoms with Crippen molar-refractivity contribution in [2.75, 3.05) is 7.11 Å². The van der Waals surface area contributed by atoms with Crippen molar-refractivity contribution >= 4 is 5.97 Å². The summed E-state index contributed by atoms with van der Waals surface area (Å²) in [7, 11) is 1.08. The average molecular weight is 438 g/mol. The molecule has 0 spiro atoms. The number of alkyl halides is 3. The van der Waals surface area contributed by atoms with E-state index in [1.165, 1.54) is 18.2 Å². The molecule has 0 radical (unpaired) electrons. The minimum absolute atomic E-state index is 0.0214. The molecule has 0 heterocycles. The number of benzene rings is 2. The van der Waals surface area contributed by atoms with Gasteiger partial charge in [0.2, 0.25) is 0 Å². The number of aromatic hydroxyl groups is 1. The number of phenols is 1. The second-order valence-corrected chi connectivity index (χ2v) is 7.43. The number of esters is 1. The van der Waals surface area contributed by atoms with E-state index in [2.05, 4.69) is 10.1 Å².